The number of aromatic nitrogens is 1. The SMILES string of the molecule is CN=C(NCc1ccon1)NC1CN(C(C)C)CC1C. The van der Waals surface area contributed by atoms with Crippen molar-refractivity contribution in [2.75, 3.05) is 20.1 Å². The molecule has 6 heteroatoms. The third-order valence-corrected chi connectivity index (χ3v) is 3.84. The molecule has 2 atom stereocenters. The van der Waals surface area contributed by atoms with Crippen molar-refractivity contribution in [2.45, 2.75) is 39.4 Å². The Labute approximate surface area is 120 Å². The predicted octanol–water partition coefficient (Wildman–Crippen LogP) is 1.07. The van der Waals surface area contributed by atoms with E-state index in [1.807, 2.05) is 6.07 Å². The summed E-state index contributed by atoms with van der Waals surface area (Å²) in [4.78, 5) is 6.77. The maximum Gasteiger partial charge on any atom is 0.191 e. The molecule has 1 fully saturated rings. The van der Waals surface area contributed by atoms with Gasteiger partial charge in [0.1, 0.15) is 12.0 Å². The predicted molar refractivity (Wildman–Crippen MR) is 79.5 cm³/mol. The van der Waals surface area contributed by atoms with E-state index in [2.05, 4.69) is 46.5 Å². The summed E-state index contributed by atoms with van der Waals surface area (Å²) in [5.41, 5.74) is 0.872. The molecular weight excluding hydrogens is 254 g/mol. The third-order valence-electron chi connectivity index (χ3n) is 3.84. The first-order valence-electron chi connectivity index (χ1n) is 7.20. The molecule has 0 saturated carbocycles. The van der Waals surface area contributed by atoms with Gasteiger partial charge in [0, 0.05) is 38.3 Å². The van der Waals surface area contributed by atoms with E-state index in [0.29, 0.717) is 24.5 Å². The van der Waals surface area contributed by atoms with Crippen molar-refractivity contribution in [3.05, 3.63) is 18.0 Å². The van der Waals surface area contributed by atoms with Crippen LogP contribution in [0.3, 0.4) is 0 Å². The van der Waals surface area contributed by atoms with Crippen LogP contribution in [-0.4, -0.2) is 48.2 Å². The first kappa shape index (κ1) is 14.8. The minimum Gasteiger partial charge on any atom is -0.364 e. The lowest BCUT2D eigenvalue weighted by Gasteiger charge is -2.21. The molecule has 1 aliphatic heterocycles. The Morgan fingerprint density at radius 2 is 2.35 bits per heavy atom. The highest BCUT2D eigenvalue weighted by molar-refractivity contribution is 5.80. The van der Waals surface area contributed by atoms with Gasteiger partial charge in [0.25, 0.3) is 0 Å². The standard InChI is InChI=1S/C14H25N5O/c1-10(2)19-8-11(3)13(9-19)17-14(15-4)16-7-12-5-6-20-18-12/h5-6,10-11,13H,7-9H2,1-4H3,(H2,15,16,17). The van der Waals surface area contributed by atoms with Crippen LogP contribution in [0, 0.1) is 5.92 Å². The summed E-state index contributed by atoms with van der Waals surface area (Å²) in [5, 5.41) is 10.6. The zero-order valence-corrected chi connectivity index (χ0v) is 12.8. The zero-order chi connectivity index (χ0) is 14.5. The average Bonchev–Trinajstić information content (AvgIpc) is 3.04. The molecule has 0 aromatic carbocycles. The minimum absolute atomic E-state index is 0.431. The van der Waals surface area contributed by atoms with Crippen LogP contribution in [0.25, 0.3) is 0 Å². The number of hydrogen-bond acceptors (Lipinski definition) is 4. The van der Waals surface area contributed by atoms with Gasteiger partial charge in [-0.25, -0.2) is 0 Å². The van der Waals surface area contributed by atoms with Crippen LogP contribution in [0.1, 0.15) is 26.5 Å². The van der Waals surface area contributed by atoms with Crippen molar-refractivity contribution < 1.29 is 4.52 Å². The number of aliphatic imine (C=N–C) groups is 1. The maximum atomic E-state index is 4.81. The van der Waals surface area contributed by atoms with Crippen molar-refractivity contribution in [1.29, 1.82) is 0 Å². The highest BCUT2D eigenvalue weighted by Crippen LogP contribution is 2.18. The lowest BCUT2D eigenvalue weighted by atomic mass is 10.1. The molecule has 2 rings (SSSR count). The van der Waals surface area contributed by atoms with E-state index in [4.69, 9.17) is 4.52 Å². The highest BCUT2D eigenvalue weighted by Gasteiger charge is 2.31. The first-order valence-corrected chi connectivity index (χ1v) is 7.20. The van der Waals surface area contributed by atoms with E-state index >= 15 is 0 Å². The Bertz CT molecular complexity index is 429. The molecule has 1 saturated heterocycles. The Morgan fingerprint density at radius 1 is 1.55 bits per heavy atom. The van der Waals surface area contributed by atoms with E-state index in [1.165, 1.54) is 0 Å². The third kappa shape index (κ3) is 3.72. The smallest absolute Gasteiger partial charge is 0.191 e. The molecule has 2 N–H and O–H groups in total. The molecule has 0 bridgehead atoms. The normalized spacial score (nSPS) is 24.4. The molecule has 2 heterocycles. The van der Waals surface area contributed by atoms with Crippen LogP contribution < -0.4 is 10.6 Å². The lowest BCUT2D eigenvalue weighted by molar-refractivity contribution is 0.265. The van der Waals surface area contributed by atoms with Crippen molar-refractivity contribution >= 4 is 5.96 Å². The Kier molecular flexibility index (Phi) is 5.00. The van der Waals surface area contributed by atoms with Crippen LogP contribution in [0.5, 0.6) is 0 Å². The Morgan fingerprint density at radius 3 is 2.90 bits per heavy atom. The van der Waals surface area contributed by atoms with E-state index < -0.39 is 0 Å². The van der Waals surface area contributed by atoms with E-state index in [9.17, 15) is 0 Å². The quantitative estimate of drug-likeness (QED) is 0.637. The summed E-state index contributed by atoms with van der Waals surface area (Å²) < 4.78 is 4.81. The molecule has 0 radical (unpaired) electrons. The van der Waals surface area contributed by atoms with Gasteiger partial charge in [-0.15, -0.1) is 0 Å². The second-order valence-corrected chi connectivity index (χ2v) is 5.69. The van der Waals surface area contributed by atoms with E-state index in [1.54, 1.807) is 13.3 Å². The fourth-order valence-corrected chi connectivity index (χ4v) is 2.49. The first-order chi connectivity index (χ1) is 9.60. The number of nitrogens with one attached hydrogen (secondary N) is 2. The zero-order valence-electron chi connectivity index (χ0n) is 12.8. The molecule has 1 aromatic heterocycles. The van der Waals surface area contributed by atoms with E-state index in [0.717, 1.165) is 24.7 Å². The van der Waals surface area contributed by atoms with Crippen molar-refractivity contribution in [1.82, 2.24) is 20.7 Å². The molecular formula is C14H25N5O. The molecule has 0 amide bonds. The van der Waals surface area contributed by atoms with Crippen LogP contribution in [-0.2, 0) is 6.54 Å². The summed E-state index contributed by atoms with van der Waals surface area (Å²) in [6.45, 7) is 9.58. The second kappa shape index (κ2) is 6.74. The van der Waals surface area contributed by atoms with Gasteiger partial charge in [-0.1, -0.05) is 12.1 Å². The number of likely N-dealkylation sites (tertiary alicyclic amines) is 1. The molecule has 6 nitrogen and oxygen atoms in total. The largest absolute Gasteiger partial charge is 0.364 e. The average molecular weight is 279 g/mol. The van der Waals surface area contributed by atoms with Gasteiger partial charge in [-0.3, -0.25) is 9.89 Å². The van der Waals surface area contributed by atoms with Crippen LogP contribution in [0.15, 0.2) is 21.8 Å². The fraction of sp³-hybridized carbons (Fsp3) is 0.714. The molecule has 112 valence electrons. The number of nitrogens with zero attached hydrogens (tertiary/aromatic N) is 3. The number of guanidine groups is 1. The Hall–Kier alpha value is -1.56. The second-order valence-electron chi connectivity index (χ2n) is 5.69. The molecule has 0 aliphatic carbocycles. The Balaban J connectivity index is 1.84. The minimum atomic E-state index is 0.431. The van der Waals surface area contributed by atoms with Gasteiger partial charge in [0.05, 0.1) is 6.54 Å². The van der Waals surface area contributed by atoms with Crippen molar-refractivity contribution in [3.8, 4) is 0 Å². The van der Waals surface area contributed by atoms with Gasteiger partial charge in [-0.2, -0.15) is 0 Å². The lowest BCUT2D eigenvalue weighted by Crippen LogP contribution is -2.46. The number of rotatable bonds is 4. The fourth-order valence-electron chi connectivity index (χ4n) is 2.49. The van der Waals surface area contributed by atoms with Crippen LogP contribution in [0.2, 0.25) is 0 Å². The summed E-state index contributed by atoms with van der Waals surface area (Å²) in [6.07, 6.45) is 1.58. The van der Waals surface area contributed by atoms with Crippen LogP contribution in [0.4, 0.5) is 0 Å². The van der Waals surface area contributed by atoms with Crippen LogP contribution >= 0.6 is 0 Å². The number of hydrogen-bond donors (Lipinski definition) is 2. The van der Waals surface area contributed by atoms with Crippen molar-refractivity contribution in [2.24, 2.45) is 10.9 Å². The summed E-state index contributed by atoms with van der Waals surface area (Å²) in [7, 11) is 1.79. The molecule has 1 aromatic rings. The summed E-state index contributed by atoms with van der Waals surface area (Å²) in [6, 6.07) is 2.87. The molecule has 1 aliphatic rings. The van der Waals surface area contributed by atoms with Gasteiger partial charge in [-0.05, 0) is 19.8 Å². The van der Waals surface area contributed by atoms with Gasteiger partial charge in [0.2, 0.25) is 0 Å². The summed E-state index contributed by atoms with van der Waals surface area (Å²) >= 11 is 0. The van der Waals surface area contributed by atoms with Gasteiger partial charge in [0.15, 0.2) is 5.96 Å². The van der Waals surface area contributed by atoms with Gasteiger partial charge < -0.3 is 15.2 Å². The van der Waals surface area contributed by atoms with Gasteiger partial charge >= 0.3 is 0 Å². The molecule has 0 spiro atoms. The van der Waals surface area contributed by atoms with Crippen molar-refractivity contribution in [3.63, 3.8) is 0 Å². The maximum absolute atomic E-state index is 4.81. The topological polar surface area (TPSA) is 65.7 Å². The molecule has 20 heavy (non-hydrogen) atoms. The molecule has 2 unspecified atom stereocenters. The highest BCUT2D eigenvalue weighted by atomic mass is 16.5. The summed E-state index contributed by atoms with van der Waals surface area (Å²) in [5.74, 6) is 1.43. The monoisotopic (exact) mass is 279 g/mol. The van der Waals surface area contributed by atoms with E-state index in [-0.39, 0.29) is 0 Å².